The molecule has 2 heterocycles. The molecule has 7 heteroatoms. The largest absolute Gasteiger partial charge is 0.482 e. The Morgan fingerprint density at radius 2 is 2.04 bits per heavy atom. The van der Waals surface area contributed by atoms with Crippen LogP contribution in [0.25, 0.3) is 5.65 Å². The Morgan fingerprint density at radius 1 is 1.20 bits per heavy atom. The predicted octanol–water partition coefficient (Wildman–Crippen LogP) is 1.73. The van der Waals surface area contributed by atoms with Gasteiger partial charge in [0.1, 0.15) is 17.6 Å². The third-order valence-corrected chi connectivity index (χ3v) is 3.65. The molecule has 0 spiro atoms. The van der Waals surface area contributed by atoms with Gasteiger partial charge in [-0.3, -0.25) is 9.20 Å². The molecule has 0 radical (unpaired) electrons. The molecule has 25 heavy (non-hydrogen) atoms. The van der Waals surface area contributed by atoms with E-state index in [-0.39, 0.29) is 12.5 Å². The molecule has 2 aromatic heterocycles. The molecule has 3 rings (SSSR count). The molecule has 0 bridgehead atoms. The van der Waals surface area contributed by atoms with Gasteiger partial charge in [-0.1, -0.05) is 18.2 Å². The minimum atomic E-state index is -0.223. The van der Waals surface area contributed by atoms with Gasteiger partial charge < -0.3 is 10.1 Å². The fourth-order valence-electron chi connectivity index (χ4n) is 2.41. The van der Waals surface area contributed by atoms with Crippen LogP contribution in [0.15, 0.2) is 48.7 Å². The molecule has 1 aromatic carbocycles. The molecular formula is C18H17N5O2. The molecule has 7 nitrogen and oxygen atoms in total. The SMILES string of the molecule is N#Cc1ccccc1OCC(=O)NCCCc1nnc2ccccn12. The standard InChI is InChI=1S/C18H17N5O2/c19-12-14-6-1-2-7-15(14)25-13-18(24)20-10-5-9-17-22-21-16-8-3-4-11-23(16)17/h1-4,6-8,11H,5,9-10,13H2,(H,20,24). The highest BCUT2D eigenvalue weighted by Crippen LogP contribution is 2.16. The van der Waals surface area contributed by atoms with Gasteiger partial charge in [0, 0.05) is 19.2 Å². The monoisotopic (exact) mass is 335 g/mol. The highest BCUT2D eigenvalue weighted by Gasteiger charge is 2.07. The number of fused-ring (bicyclic) bond motifs is 1. The summed E-state index contributed by atoms with van der Waals surface area (Å²) in [5.41, 5.74) is 1.22. The highest BCUT2D eigenvalue weighted by atomic mass is 16.5. The van der Waals surface area contributed by atoms with Crippen molar-refractivity contribution in [2.45, 2.75) is 12.8 Å². The van der Waals surface area contributed by atoms with E-state index in [0.29, 0.717) is 24.3 Å². The van der Waals surface area contributed by atoms with Crippen molar-refractivity contribution < 1.29 is 9.53 Å². The summed E-state index contributed by atoms with van der Waals surface area (Å²) < 4.78 is 7.32. The Hall–Kier alpha value is -3.40. The summed E-state index contributed by atoms with van der Waals surface area (Å²) in [6.45, 7) is 0.399. The first-order valence-corrected chi connectivity index (χ1v) is 7.95. The molecule has 0 atom stereocenters. The van der Waals surface area contributed by atoms with E-state index in [4.69, 9.17) is 10.00 Å². The number of nitriles is 1. The summed E-state index contributed by atoms with van der Waals surface area (Å²) in [4.78, 5) is 11.8. The van der Waals surface area contributed by atoms with Crippen LogP contribution in [0.4, 0.5) is 0 Å². The molecule has 0 aliphatic heterocycles. The highest BCUT2D eigenvalue weighted by molar-refractivity contribution is 5.77. The molecule has 0 saturated carbocycles. The average Bonchev–Trinajstić information content (AvgIpc) is 3.07. The number of aromatic nitrogens is 3. The number of aryl methyl sites for hydroxylation is 1. The van der Waals surface area contributed by atoms with Crippen LogP contribution in [0.5, 0.6) is 5.75 Å². The van der Waals surface area contributed by atoms with E-state index in [2.05, 4.69) is 15.5 Å². The van der Waals surface area contributed by atoms with E-state index in [1.807, 2.05) is 34.9 Å². The lowest BCUT2D eigenvalue weighted by Gasteiger charge is -2.08. The van der Waals surface area contributed by atoms with Gasteiger partial charge in [0.25, 0.3) is 5.91 Å². The Bertz CT molecular complexity index is 913. The smallest absolute Gasteiger partial charge is 0.257 e. The van der Waals surface area contributed by atoms with Gasteiger partial charge in [0.05, 0.1) is 5.56 Å². The molecule has 0 unspecified atom stereocenters. The van der Waals surface area contributed by atoms with Crippen molar-refractivity contribution >= 4 is 11.6 Å². The fraction of sp³-hybridized carbons (Fsp3) is 0.222. The van der Waals surface area contributed by atoms with E-state index in [1.54, 1.807) is 24.3 Å². The summed E-state index contributed by atoms with van der Waals surface area (Å²) in [5, 5.41) is 20.0. The van der Waals surface area contributed by atoms with Crippen molar-refractivity contribution in [1.82, 2.24) is 19.9 Å². The minimum Gasteiger partial charge on any atom is -0.482 e. The number of rotatable bonds is 7. The van der Waals surface area contributed by atoms with Crippen LogP contribution in [0.1, 0.15) is 17.8 Å². The van der Waals surface area contributed by atoms with Gasteiger partial charge >= 0.3 is 0 Å². The number of hydrogen-bond donors (Lipinski definition) is 1. The van der Waals surface area contributed by atoms with Crippen molar-refractivity contribution in [3.8, 4) is 11.8 Å². The van der Waals surface area contributed by atoms with Gasteiger partial charge in [0.2, 0.25) is 0 Å². The first-order valence-electron chi connectivity index (χ1n) is 7.95. The number of carbonyl (C=O) groups excluding carboxylic acids is 1. The van der Waals surface area contributed by atoms with E-state index < -0.39 is 0 Å². The lowest BCUT2D eigenvalue weighted by Crippen LogP contribution is -2.30. The normalized spacial score (nSPS) is 10.4. The van der Waals surface area contributed by atoms with Crippen LogP contribution in [0.2, 0.25) is 0 Å². The maximum atomic E-state index is 11.8. The fourth-order valence-corrected chi connectivity index (χ4v) is 2.41. The number of benzene rings is 1. The van der Waals surface area contributed by atoms with Crippen LogP contribution in [0.3, 0.4) is 0 Å². The molecule has 1 N–H and O–H groups in total. The molecule has 3 aromatic rings. The van der Waals surface area contributed by atoms with Crippen LogP contribution < -0.4 is 10.1 Å². The van der Waals surface area contributed by atoms with Crippen molar-refractivity contribution in [3.63, 3.8) is 0 Å². The van der Waals surface area contributed by atoms with Crippen LogP contribution in [0, 0.1) is 11.3 Å². The van der Waals surface area contributed by atoms with E-state index >= 15 is 0 Å². The van der Waals surface area contributed by atoms with Crippen molar-refractivity contribution in [2.24, 2.45) is 0 Å². The number of para-hydroxylation sites is 1. The molecule has 0 saturated heterocycles. The summed E-state index contributed by atoms with van der Waals surface area (Å²) in [7, 11) is 0. The zero-order valence-corrected chi connectivity index (χ0v) is 13.6. The molecular weight excluding hydrogens is 318 g/mol. The second-order valence-electron chi connectivity index (χ2n) is 5.40. The zero-order valence-electron chi connectivity index (χ0n) is 13.6. The summed E-state index contributed by atoms with van der Waals surface area (Å²) >= 11 is 0. The number of ether oxygens (including phenoxy) is 1. The number of nitrogens with one attached hydrogen (secondary N) is 1. The molecule has 0 aliphatic rings. The zero-order chi connectivity index (χ0) is 17.5. The summed E-state index contributed by atoms with van der Waals surface area (Å²) in [6, 6.07) is 14.6. The number of pyridine rings is 1. The second kappa shape index (κ2) is 7.93. The third-order valence-electron chi connectivity index (χ3n) is 3.65. The Labute approximate surface area is 144 Å². The van der Waals surface area contributed by atoms with Crippen molar-refractivity contribution in [3.05, 3.63) is 60.0 Å². The lowest BCUT2D eigenvalue weighted by atomic mass is 10.2. The molecule has 1 amide bonds. The van der Waals surface area contributed by atoms with Gasteiger partial charge in [-0.25, -0.2) is 0 Å². The maximum absolute atomic E-state index is 11.8. The van der Waals surface area contributed by atoms with Crippen LogP contribution >= 0.6 is 0 Å². The van der Waals surface area contributed by atoms with Crippen molar-refractivity contribution in [1.29, 1.82) is 5.26 Å². The first kappa shape index (κ1) is 16.5. The molecule has 0 fully saturated rings. The maximum Gasteiger partial charge on any atom is 0.257 e. The van der Waals surface area contributed by atoms with Crippen LogP contribution in [-0.4, -0.2) is 33.7 Å². The van der Waals surface area contributed by atoms with Gasteiger partial charge in [-0.2, -0.15) is 5.26 Å². The number of carbonyl (C=O) groups is 1. The predicted molar refractivity (Wildman–Crippen MR) is 91.0 cm³/mol. The number of hydrogen-bond acceptors (Lipinski definition) is 5. The molecule has 126 valence electrons. The summed E-state index contributed by atoms with van der Waals surface area (Å²) in [6.07, 6.45) is 3.38. The average molecular weight is 335 g/mol. The number of nitrogens with zero attached hydrogens (tertiary/aromatic N) is 4. The van der Waals surface area contributed by atoms with Gasteiger partial charge in [0.15, 0.2) is 12.3 Å². The Kier molecular flexibility index (Phi) is 5.22. The molecule has 0 aliphatic carbocycles. The Balaban J connectivity index is 1.42. The minimum absolute atomic E-state index is 0.118. The quantitative estimate of drug-likeness (QED) is 0.664. The topological polar surface area (TPSA) is 92.3 Å². The Morgan fingerprint density at radius 3 is 2.92 bits per heavy atom. The van der Waals surface area contributed by atoms with E-state index in [1.165, 1.54) is 0 Å². The second-order valence-corrected chi connectivity index (χ2v) is 5.40. The first-order chi connectivity index (χ1) is 12.3. The summed E-state index contributed by atoms with van der Waals surface area (Å²) in [5.74, 6) is 1.05. The van der Waals surface area contributed by atoms with E-state index in [0.717, 1.165) is 17.9 Å². The van der Waals surface area contributed by atoms with Gasteiger partial charge in [-0.15, -0.1) is 10.2 Å². The van der Waals surface area contributed by atoms with Crippen molar-refractivity contribution in [2.75, 3.05) is 13.2 Å². The van der Waals surface area contributed by atoms with Gasteiger partial charge in [-0.05, 0) is 30.7 Å². The third kappa shape index (κ3) is 4.12. The number of amides is 1. The van der Waals surface area contributed by atoms with Crippen LogP contribution in [-0.2, 0) is 11.2 Å². The van der Waals surface area contributed by atoms with E-state index in [9.17, 15) is 4.79 Å². The lowest BCUT2D eigenvalue weighted by molar-refractivity contribution is -0.123.